The quantitative estimate of drug-likeness (QED) is 0.538. The molecule has 0 saturated heterocycles. The molecular weight excluding hydrogens is 394 g/mol. The topological polar surface area (TPSA) is 73.7 Å². The van der Waals surface area contributed by atoms with Crippen molar-refractivity contribution in [1.29, 1.82) is 0 Å². The number of hydrogen-bond donors (Lipinski definition) is 0. The molecule has 166 valence electrons. The van der Waals surface area contributed by atoms with Crippen molar-refractivity contribution in [3.8, 4) is 11.5 Å². The molecule has 31 heavy (non-hydrogen) atoms. The normalized spacial score (nSPS) is 22.4. The van der Waals surface area contributed by atoms with Crippen LogP contribution in [0.15, 0.2) is 18.2 Å². The van der Waals surface area contributed by atoms with E-state index >= 15 is 0 Å². The van der Waals surface area contributed by atoms with Gasteiger partial charge in [0.1, 0.15) is 0 Å². The Kier molecular flexibility index (Phi) is 5.77. The summed E-state index contributed by atoms with van der Waals surface area (Å²) < 4.78 is 12.6. The van der Waals surface area contributed by atoms with Crippen LogP contribution in [-0.4, -0.2) is 39.2 Å². The molecule has 1 amide bonds. The Morgan fingerprint density at radius 3 is 2.61 bits per heavy atom. The second kappa shape index (κ2) is 8.36. The Balaban J connectivity index is 1.67. The molecule has 7 nitrogen and oxygen atoms in total. The maximum absolute atomic E-state index is 13.6. The minimum absolute atomic E-state index is 0.0166. The van der Waals surface area contributed by atoms with E-state index in [4.69, 9.17) is 9.47 Å². The van der Waals surface area contributed by atoms with Crippen LogP contribution in [0.5, 0.6) is 11.5 Å². The van der Waals surface area contributed by atoms with Crippen molar-refractivity contribution in [2.24, 2.45) is 18.9 Å². The summed E-state index contributed by atoms with van der Waals surface area (Å²) in [5, 5.41) is 4.33. The van der Waals surface area contributed by atoms with E-state index in [1.54, 1.807) is 23.6 Å². The molecule has 0 unspecified atom stereocenters. The first-order chi connectivity index (χ1) is 14.8. The number of amides is 1. The molecule has 1 aromatic heterocycles. The van der Waals surface area contributed by atoms with Gasteiger partial charge in [0.05, 0.1) is 11.3 Å². The first kappa shape index (κ1) is 21.4. The summed E-state index contributed by atoms with van der Waals surface area (Å²) in [7, 11) is 1.79. The lowest BCUT2D eigenvalue weighted by molar-refractivity contribution is -0.131. The first-order valence-corrected chi connectivity index (χ1v) is 11.0. The van der Waals surface area contributed by atoms with Crippen molar-refractivity contribution in [2.45, 2.75) is 59.5 Å². The standard InChI is InChI=1S/C24H31N3O4/c1-14-7-6-8-19(15(14)2)27(12-18-9-10-20-21(11-18)31-13-30-20)24(29)23(28)22-16(3)25-26(5)17(22)4/h9-11,14-15,19H,6-8,12-13H2,1-5H3/t14-,15-,19+/m0/s1. The number of benzene rings is 1. The minimum Gasteiger partial charge on any atom is -0.454 e. The molecular formula is C24H31N3O4. The molecule has 1 aliphatic heterocycles. The van der Waals surface area contributed by atoms with E-state index < -0.39 is 11.7 Å². The number of aromatic nitrogens is 2. The molecule has 1 aliphatic carbocycles. The summed E-state index contributed by atoms with van der Waals surface area (Å²) in [5.74, 6) is 1.27. The highest BCUT2D eigenvalue weighted by Gasteiger charge is 2.38. The van der Waals surface area contributed by atoms with Crippen molar-refractivity contribution in [3.63, 3.8) is 0 Å². The fourth-order valence-electron chi connectivity index (χ4n) is 4.91. The zero-order valence-electron chi connectivity index (χ0n) is 19.0. The number of Topliss-reactive ketones (excluding diaryl/α,β-unsaturated/α-hetero) is 1. The summed E-state index contributed by atoms with van der Waals surface area (Å²) in [5.41, 5.74) is 2.64. The van der Waals surface area contributed by atoms with E-state index in [0.29, 0.717) is 46.8 Å². The van der Waals surface area contributed by atoms with E-state index in [1.165, 1.54) is 0 Å². The Labute approximate surface area is 183 Å². The number of carbonyl (C=O) groups is 2. The third kappa shape index (κ3) is 3.93. The fraction of sp³-hybridized carbons (Fsp3) is 0.542. The molecule has 1 fully saturated rings. The third-order valence-corrected chi connectivity index (χ3v) is 7.05. The number of ether oxygens (including phenoxy) is 2. The number of fused-ring (bicyclic) bond motifs is 1. The van der Waals surface area contributed by atoms with Crippen molar-refractivity contribution < 1.29 is 19.1 Å². The molecule has 2 aromatic rings. The van der Waals surface area contributed by atoms with Gasteiger partial charge in [0.2, 0.25) is 6.79 Å². The van der Waals surface area contributed by atoms with Gasteiger partial charge in [-0.3, -0.25) is 14.3 Å². The Morgan fingerprint density at radius 1 is 1.16 bits per heavy atom. The van der Waals surface area contributed by atoms with Crippen LogP contribution < -0.4 is 9.47 Å². The third-order valence-electron chi connectivity index (χ3n) is 7.05. The van der Waals surface area contributed by atoms with Crippen molar-refractivity contribution in [1.82, 2.24) is 14.7 Å². The fourth-order valence-corrected chi connectivity index (χ4v) is 4.91. The average Bonchev–Trinajstić information content (AvgIpc) is 3.31. The van der Waals surface area contributed by atoms with E-state index in [2.05, 4.69) is 18.9 Å². The molecule has 7 heteroatoms. The van der Waals surface area contributed by atoms with Gasteiger partial charge in [0.25, 0.3) is 11.7 Å². The van der Waals surface area contributed by atoms with Crippen LogP contribution >= 0.6 is 0 Å². The number of nitrogens with zero attached hydrogens (tertiary/aromatic N) is 3. The van der Waals surface area contributed by atoms with Crippen LogP contribution in [0.2, 0.25) is 0 Å². The lowest BCUT2D eigenvalue weighted by Crippen LogP contribution is -2.49. The number of hydrogen-bond acceptors (Lipinski definition) is 5. The predicted octanol–water partition coefficient (Wildman–Crippen LogP) is 3.80. The average molecular weight is 426 g/mol. The van der Waals surface area contributed by atoms with Gasteiger partial charge in [0.15, 0.2) is 11.5 Å². The molecule has 2 heterocycles. The van der Waals surface area contributed by atoms with Gasteiger partial charge in [-0.1, -0.05) is 32.8 Å². The summed E-state index contributed by atoms with van der Waals surface area (Å²) >= 11 is 0. The molecule has 0 bridgehead atoms. The lowest BCUT2D eigenvalue weighted by atomic mass is 9.77. The highest BCUT2D eigenvalue weighted by molar-refractivity contribution is 6.43. The Morgan fingerprint density at radius 2 is 1.90 bits per heavy atom. The van der Waals surface area contributed by atoms with Gasteiger partial charge in [-0.05, 0) is 49.8 Å². The second-order valence-electron chi connectivity index (χ2n) is 8.95. The van der Waals surface area contributed by atoms with Gasteiger partial charge >= 0.3 is 0 Å². The summed E-state index contributed by atoms with van der Waals surface area (Å²) in [6.45, 7) is 8.60. The van der Waals surface area contributed by atoms with E-state index in [1.807, 2.05) is 25.1 Å². The Bertz CT molecular complexity index is 1010. The van der Waals surface area contributed by atoms with Gasteiger partial charge < -0.3 is 14.4 Å². The van der Waals surface area contributed by atoms with Crippen LogP contribution in [0.1, 0.15) is 60.4 Å². The van der Waals surface area contributed by atoms with Crippen molar-refractivity contribution >= 4 is 11.7 Å². The van der Waals surface area contributed by atoms with Gasteiger partial charge in [0, 0.05) is 25.3 Å². The van der Waals surface area contributed by atoms with Crippen molar-refractivity contribution in [2.75, 3.05) is 6.79 Å². The monoisotopic (exact) mass is 425 g/mol. The van der Waals surface area contributed by atoms with Crippen LogP contribution in [0.25, 0.3) is 0 Å². The van der Waals surface area contributed by atoms with Crippen molar-refractivity contribution in [3.05, 3.63) is 40.7 Å². The largest absolute Gasteiger partial charge is 0.454 e. The van der Waals surface area contributed by atoms with Crippen LogP contribution in [0.3, 0.4) is 0 Å². The highest BCUT2D eigenvalue weighted by atomic mass is 16.7. The summed E-state index contributed by atoms with van der Waals surface area (Å²) in [6, 6.07) is 5.73. The zero-order chi connectivity index (χ0) is 22.3. The highest BCUT2D eigenvalue weighted by Crippen LogP contribution is 2.36. The smallest absolute Gasteiger partial charge is 0.295 e. The summed E-state index contributed by atoms with van der Waals surface area (Å²) in [6.07, 6.45) is 3.11. The maximum atomic E-state index is 13.6. The first-order valence-electron chi connectivity index (χ1n) is 11.0. The van der Waals surface area contributed by atoms with Crippen LogP contribution in [0.4, 0.5) is 0 Å². The number of aryl methyl sites for hydroxylation is 2. The Hall–Kier alpha value is -2.83. The van der Waals surface area contributed by atoms with E-state index in [0.717, 1.165) is 24.8 Å². The van der Waals surface area contributed by atoms with Gasteiger partial charge in [-0.2, -0.15) is 5.10 Å². The molecule has 2 aliphatic rings. The predicted molar refractivity (Wildman–Crippen MR) is 116 cm³/mol. The lowest BCUT2D eigenvalue weighted by Gasteiger charge is -2.41. The zero-order valence-corrected chi connectivity index (χ0v) is 19.0. The SMILES string of the molecule is Cc1nn(C)c(C)c1C(=O)C(=O)N(Cc1ccc2c(c1)OCO2)[C@@H]1CCC[C@H](C)[C@@H]1C. The van der Waals surface area contributed by atoms with E-state index in [9.17, 15) is 9.59 Å². The van der Waals surface area contributed by atoms with Crippen LogP contribution in [0, 0.1) is 25.7 Å². The van der Waals surface area contributed by atoms with Crippen LogP contribution in [-0.2, 0) is 18.4 Å². The summed E-state index contributed by atoms with van der Waals surface area (Å²) in [4.78, 5) is 28.8. The molecule has 0 spiro atoms. The van der Waals surface area contributed by atoms with E-state index in [-0.39, 0.29) is 12.8 Å². The number of carbonyl (C=O) groups excluding carboxylic acids is 2. The molecule has 1 saturated carbocycles. The van der Waals surface area contributed by atoms with Gasteiger partial charge in [-0.15, -0.1) is 0 Å². The number of ketones is 1. The molecule has 3 atom stereocenters. The second-order valence-corrected chi connectivity index (χ2v) is 8.95. The minimum atomic E-state index is -0.478. The molecule has 0 radical (unpaired) electrons. The van der Waals surface area contributed by atoms with Gasteiger partial charge in [-0.25, -0.2) is 0 Å². The molecule has 1 aromatic carbocycles. The maximum Gasteiger partial charge on any atom is 0.295 e. The number of rotatable bonds is 5. The molecule has 4 rings (SSSR count). The molecule has 0 N–H and O–H groups in total.